The smallest absolute Gasteiger partial charge is 0.0611 e. The van der Waals surface area contributed by atoms with Gasteiger partial charge in [0.15, 0.2) is 0 Å². The van der Waals surface area contributed by atoms with E-state index in [-0.39, 0.29) is 11.5 Å². The van der Waals surface area contributed by atoms with Crippen molar-refractivity contribution in [2.75, 3.05) is 13.1 Å². The highest BCUT2D eigenvalue weighted by Gasteiger charge is 2.49. The van der Waals surface area contributed by atoms with Crippen molar-refractivity contribution in [1.82, 2.24) is 5.32 Å². The molecule has 0 aromatic heterocycles. The first-order valence-corrected chi connectivity index (χ1v) is 6.58. The zero-order valence-corrected chi connectivity index (χ0v) is 10.1. The zero-order valence-electron chi connectivity index (χ0n) is 10.1. The molecule has 1 heterocycles. The molecule has 2 heteroatoms. The van der Waals surface area contributed by atoms with Crippen LogP contribution in [-0.2, 0) is 0 Å². The molecule has 0 aromatic carbocycles. The molecule has 4 unspecified atom stereocenters. The van der Waals surface area contributed by atoms with E-state index in [2.05, 4.69) is 19.2 Å². The number of aliphatic hydroxyl groups is 1. The van der Waals surface area contributed by atoms with Crippen LogP contribution in [0.25, 0.3) is 0 Å². The van der Waals surface area contributed by atoms with Crippen molar-refractivity contribution in [3.8, 4) is 0 Å². The summed E-state index contributed by atoms with van der Waals surface area (Å²) >= 11 is 0. The molecule has 0 radical (unpaired) electrons. The zero-order chi connectivity index (χ0) is 10.9. The molecular formula is C13H25NO. The van der Waals surface area contributed by atoms with Crippen molar-refractivity contribution in [2.45, 2.75) is 52.1 Å². The number of hydrogen-bond donors (Lipinski definition) is 2. The maximum Gasteiger partial charge on any atom is 0.0611 e. The van der Waals surface area contributed by atoms with Crippen LogP contribution >= 0.6 is 0 Å². The molecule has 88 valence electrons. The van der Waals surface area contributed by atoms with Crippen LogP contribution in [-0.4, -0.2) is 24.3 Å². The Kier molecular flexibility index (Phi) is 3.36. The number of aliphatic hydroxyl groups excluding tert-OH is 1. The third-order valence-corrected chi connectivity index (χ3v) is 4.76. The van der Waals surface area contributed by atoms with E-state index < -0.39 is 0 Å². The van der Waals surface area contributed by atoms with Crippen molar-refractivity contribution in [2.24, 2.45) is 17.3 Å². The standard InChI is InChI=1S/C13H25NO/c1-3-4-11-5-6-12(15)13(7-11)9-14-8-10(13)2/h10-12,14-15H,3-9H2,1-2H3. The summed E-state index contributed by atoms with van der Waals surface area (Å²) in [6.45, 7) is 6.71. The largest absolute Gasteiger partial charge is 0.392 e. The molecule has 2 N–H and O–H groups in total. The molecule has 2 fully saturated rings. The van der Waals surface area contributed by atoms with Gasteiger partial charge in [-0.15, -0.1) is 0 Å². The Morgan fingerprint density at radius 2 is 2.20 bits per heavy atom. The molecule has 0 bridgehead atoms. The fraction of sp³-hybridized carbons (Fsp3) is 1.00. The number of nitrogens with one attached hydrogen (secondary N) is 1. The average Bonchev–Trinajstić information content (AvgIpc) is 2.56. The highest BCUT2D eigenvalue weighted by atomic mass is 16.3. The van der Waals surface area contributed by atoms with Crippen LogP contribution in [0.3, 0.4) is 0 Å². The Bertz CT molecular complexity index is 219. The third kappa shape index (κ3) is 1.94. The molecule has 0 amide bonds. The van der Waals surface area contributed by atoms with Crippen LogP contribution in [0.5, 0.6) is 0 Å². The molecule has 1 aliphatic carbocycles. The summed E-state index contributed by atoms with van der Waals surface area (Å²) in [5.41, 5.74) is 0.206. The Labute approximate surface area is 93.5 Å². The molecule has 2 aliphatic rings. The minimum Gasteiger partial charge on any atom is -0.392 e. The molecule has 2 nitrogen and oxygen atoms in total. The quantitative estimate of drug-likeness (QED) is 0.733. The lowest BCUT2D eigenvalue weighted by molar-refractivity contribution is -0.0435. The summed E-state index contributed by atoms with van der Waals surface area (Å²) in [5.74, 6) is 1.51. The maximum atomic E-state index is 10.3. The first-order chi connectivity index (χ1) is 7.19. The average molecular weight is 211 g/mol. The molecular weight excluding hydrogens is 186 g/mol. The minimum atomic E-state index is -0.0596. The normalized spacial score (nSPS) is 46.2. The van der Waals surface area contributed by atoms with Gasteiger partial charge in [-0.25, -0.2) is 0 Å². The fourth-order valence-electron chi connectivity index (χ4n) is 3.73. The van der Waals surface area contributed by atoms with Crippen molar-refractivity contribution in [3.05, 3.63) is 0 Å². The predicted octanol–water partition coefficient (Wildman–Crippen LogP) is 2.17. The van der Waals surface area contributed by atoms with Gasteiger partial charge >= 0.3 is 0 Å². The van der Waals surface area contributed by atoms with Crippen LogP contribution in [0, 0.1) is 17.3 Å². The lowest BCUT2D eigenvalue weighted by Gasteiger charge is -2.44. The third-order valence-electron chi connectivity index (χ3n) is 4.76. The van der Waals surface area contributed by atoms with E-state index in [0.717, 1.165) is 25.4 Å². The topological polar surface area (TPSA) is 32.3 Å². The molecule has 1 aliphatic heterocycles. The van der Waals surface area contributed by atoms with Gasteiger partial charge in [0.2, 0.25) is 0 Å². The van der Waals surface area contributed by atoms with Crippen molar-refractivity contribution in [1.29, 1.82) is 0 Å². The summed E-state index contributed by atoms with van der Waals surface area (Å²) in [5, 5.41) is 13.7. The van der Waals surface area contributed by atoms with E-state index in [0.29, 0.717) is 5.92 Å². The van der Waals surface area contributed by atoms with Crippen LogP contribution in [0.15, 0.2) is 0 Å². The SMILES string of the molecule is CCCC1CCC(O)C2(CNCC2C)C1. The first-order valence-electron chi connectivity index (χ1n) is 6.58. The van der Waals surface area contributed by atoms with Gasteiger partial charge in [-0.05, 0) is 37.6 Å². The summed E-state index contributed by atoms with van der Waals surface area (Å²) in [6, 6.07) is 0. The van der Waals surface area contributed by atoms with E-state index in [1.54, 1.807) is 0 Å². The molecule has 15 heavy (non-hydrogen) atoms. The number of rotatable bonds is 2. The summed E-state index contributed by atoms with van der Waals surface area (Å²) in [4.78, 5) is 0. The minimum absolute atomic E-state index is 0.0596. The second kappa shape index (κ2) is 4.42. The molecule has 1 saturated carbocycles. The van der Waals surface area contributed by atoms with E-state index in [1.165, 1.54) is 25.7 Å². The van der Waals surface area contributed by atoms with E-state index in [4.69, 9.17) is 0 Å². The van der Waals surface area contributed by atoms with Crippen molar-refractivity contribution < 1.29 is 5.11 Å². The Morgan fingerprint density at radius 1 is 1.40 bits per heavy atom. The van der Waals surface area contributed by atoms with Gasteiger partial charge in [-0.2, -0.15) is 0 Å². The second-order valence-electron chi connectivity index (χ2n) is 5.72. The van der Waals surface area contributed by atoms with Gasteiger partial charge in [0.05, 0.1) is 6.10 Å². The highest BCUT2D eigenvalue weighted by Crippen LogP contribution is 2.47. The van der Waals surface area contributed by atoms with Crippen LogP contribution < -0.4 is 5.32 Å². The molecule has 4 atom stereocenters. The fourth-order valence-corrected chi connectivity index (χ4v) is 3.73. The van der Waals surface area contributed by atoms with Gasteiger partial charge in [0.25, 0.3) is 0 Å². The van der Waals surface area contributed by atoms with Gasteiger partial charge < -0.3 is 10.4 Å². The van der Waals surface area contributed by atoms with E-state index in [9.17, 15) is 5.11 Å². The molecule has 0 aromatic rings. The molecule has 1 spiro atoms. The molecule has 2 rings (SSSR count). The van der Waals surface area contributed by atoms with Gasteiger partial charge in [-0.1, -0.05) is 26.7 Å². The Balaban J connectivity index is 2.07. The maximum absolute atomic E-state index is 10.3. The lowest BCUT2D eigenvalue weighted by atomic mass is 9.62. The van der Waals surface area contributed by atoms with Crippen LogP contribution in [0.1, 0.15) is 46.0 Å². The van der Waals surface area contributed by atoms with Crippen molar-refractivity contribution >= 4 is 0 Å². The highest BCUT2D eigenvalue weighted by molar-refractivity contribution is 5.01. The first kappa shape index (κ1) is 11.4. The van der Waals surface area contributed by atoms with Crippen molar-refractivity contribution in [3.63, 3.8) is 0 Å². The summed E-state index contributed by atoms with van der Waals surface area (Å²) in [6.07, 6.45) is 6.09. The summed E-state index contributed by atoms with van der Waals surface area (Å²) in [7, 11) is 0. The van der Waals surface area contributed by atoms with E-state index >= 15 is 0 Å². The van der Waals surface area contributed by atoms with Gasteiger partial charge in [-0.3, -0.25) is 0 Å². The Hall–Kier alpha value is -0.0800. The second-order valence-corrected chi connectivity index (χ2v) is 5.72. The van der Waals surface area contributed by atoms with E-state index in [1.807, 2.05) is 0 Å². The van der Waals surface area contributed by atoms with Gasteiger partial charge in [0, 0.05) is 12.0 Å². The monoisotopic (exact) mass is 211 g/mol. The van der Waals surface area contributed by atoms with Crippen LogP contribution in [0.2, 0.25) is 0 Å². The summed E-state index contributed by atoms with van der Waals surface area (Å²) < 4.78 is 0. The Morgan fingerprint density at radius 3 is 2.80 bits per heavy atom. The molecule has 1 saturated heterocycles. The van der Waals surface area contributed by atoms with Gasteiger partial charge in [0.1, 0.15) is 0 Å². The predicted molar refractivity (Wildman–Crippen MR) is 62.7 cm³/mol. The lowest BCUT2D eigenvalue weighted by Crippen LogP contribution is -2.46. The number of hydrogen-bond acceptors (Lipinski definition) is 2. The van der Waals surface area contributed by atoms with Crippen LogP contribution in [0.4, 0.5) is 0 Å².